The zero-order valence-electron chi connectivity index (χ0n) is 10.1. The number of thioether (sulfide) groups is 1. The fourth-order valence-electron chi connectivity index (χ4n) is 1.84. The van der Waals surface area contributed by atoms with Gasteiger partial charge in [0, 0.05) is 0 Å². The Morgan fingerprint density at radius 2 is 2.29 bits per heavy atom. The van der Waals surface area contributed by atoms with E-state index in [-0.39, 0.29) is 11.9 Å². The smallest absolute Gasteiger partial charge is 0.326 e. The van der Waals surface area contributed by atoms with Crippen molar-refractivity contribution >= 4 is 23.6 Å². The highest BCUT2D eigenvalue weighted by molar-refractivity contribution is 7.98. The van der Waals surface area contributed by atoms with Crippen molar-refractivity contribution in [1.29, 1.82) is 0 Å². The van der Waals surface area contributed by atoms with Gasteiger partial charge in [-0.3, -0.25) is 4.79 Å². The van der Waals surface area contributed by atoms with E-state index in [2.05, 4.69) is 10.6 Å². The molecule has 5 nitrogen and oxygen atoms in total. The molecule has 1 fully saturated rings. The number of hydrogen-bond donors (Lipinski definition) is 3. The van der Waals surface area contributed by atoms with Crippen LogP contribution in [0.15, 0.2) is 0 Å². The molecule has 0 unspecified atom stereocenters. The lowest BCUT2D eigenvalue weighted by atomic mass is 10.0. The number of nitrogens with one attached hydrogen (secondary N) is 2. The summed E-state index contributed by atoms with van der Waals surface area (Å²) in [4.78, 5) is 22.8. The molecule has 6 heteroatoms. The number of hydrogen-bond acceptors (Lipinski definition) is 4. The third-order valence-electron chi connectivity index (χ3n) is 2.85. The first kappa shape index (κ1) is 14.3. The summed E-state index contributed by atoms with van der Waals surface area (Å²) in [5.74, 6) is -0.406. The number of carboxylic acid groups (broad SMARTS) is 1. The minimum Gasteiger partial charge on any atom is -0.480 e. The predicted octanol–water partition coefficient (Wildman–Crippen LogP) is 0.451. The lowest BCUT2D eigenvalue weighted by Crippen LogP contribution is -2.51. The van der Waals surface area contributed by atoms with E-state index in [4.69, 9.17) is 5.11 Å². The maximum absolute atomic E-state index is 11.8. The lowest BCUT2D eigenvalue weighted by molar-refractivity contribution is -0.142. The number of piperidine rings is 1. The van der Waals surface area contributed by atoms with Crippen LogP contribution >= 0.6 is 11.8 Å². The average molecular weight is 260 g/mol. The van der Waals surface area contributed by atoms with Crippen LogP contribution in [-0.4, -0.2) is 47.6 Å². The molecule has 1 saturated heterocycles. The summed E-state index contributed by atoms with van der Waals surface area (Å²) in [6, 6.07) is -0.987. The van der Waals surface area contributed by atoms with Gasteiger partial charge < -0.3 is 15.7 Å². The van der Waals surface area contributed by atoms with Gasteiger partial charge in [-0.05, 0) is 37.8 Å². The molecular formula is C11H20N2O3S. The van der Waals surface area contributed by atoms with Crippen LogP contribution in [-0.2, 0) is 9.59 Å². The molecule has 0 aliphatic carbocycles. The van der Waals surface area contributed by atoms with Crippen molar-refractivity contribution in [2.24, 2.45) is 0 Å². The number of rotatable bonds is 6. The highest BCUT2D eigenvalue weighted by Gasteiger charge is 2.25. The third-order valence-corrected chi connectivity index (χ3v) is 3.50. The van der Waals surface area contributed by atoms with Crippen LogP contribution in [0.1, 0.15) is 25.7 Å². The van der Waals surface area contributed by atoms with Crippen LogP contribution in [0.4, 0.5) is 0 Å². The maximum atomic E-state index is 11.8. The van der Waals surface area contributed by atoms with E-state index in [1.165, 1.54) is 0 Å². The molecule has 17 heavy (non-hydrogen) atoms. The van der Waals surface area contributed by atoms with Crippen LogP contribution in [0.25, 0.3) is 0 Å². The van der Waals surface area contributed by atoms with Gasteiger partial charge in [-0.25, -0.2) is 4.79 Å². The summed E-state index contributed by atoms with van der Waals surface area (Å²) in [6.45, 7) is 0.834. The van der Waals surface area contributed by atoms with Crippen molar-refractivity contribution in [2.45, 2.75) is 37.8 Å². The Morgan fingerprint density at radius 3 is 2.82 bits per heavy atom. The Morgan fingerprint density at radius 1 is 1.53 bits per heavy atom. The molecular weight excluding hydrogens is 240 g/mol. The zero-order chi connectivity index (χ0) is 12.7. The van der Waals surface area contributed by atoms with Crippen molar-refractivity contribution in [3.05, 3.63) is 0 Å². The molecule has 0 bridgehead atoms. The van der Waals surface area contributed by atoms with E-state index in [0.29, 0.717) is 6.42 Å². The molecule has 0 aromatic carbocycles. The van der Waals surface area contributed by atoms with Crippen LogP contribution < -0.4 is 10.6 Å². The van der Waals surface area contributed by atoms with Gasteiger partial charge in [0.15, 0.2) is 0 Å². The van der Waals surface area contributed by atoms with Crippen molar-refractivity contribution in [2.75, 3.05) is 18.6 Å². The Labute approximate surface area is 106 Å². The summed E-state index contributed by atoms with van der Waals surface area (Å²) in [5, 5.41) is 14.7. The Hall–Kier alpha value is -0.750. The highest BCUT2D eigenvalue weighted by Crippen LogP contribution is 2.08. The predicted molar refractivity (Wildman–Crippen MR) is 68.2 cm³/mol. The molecule has 2 atom stereocenters. The molecule has 0 aromatic heterocycles. The molecule has 0 saturated carbocycles. The number of amides is 1. The summed E-state index contributed by atoms with van der Waals surface area (Å²) in [6.07, 6.45) is 5.28. The van der Waals surface area contributed by atoms with Gasteiger partial charge in [-0.2, -0.15) is 11.8 Å². The van der Waals surface area contributed by atoms with Crippen molar-refractivity contribution in [1.82, 2.24) is 10.6 Å². The summed E-state index contributed by atoms with van der Waals surface area (Å²) < 4.78 is 0. The molecule has 1 heterocycles. The number of carbonyl (C=O) groups is 2. The van der Waals surface area contributed by atoms with Gasteiger partial charge in [0.1, 0.15) is 6.04 Å². The molecule has 0 radical (unpaired) electrons. The van der Waals surface area contributed by atoms with Crippen LogP contribution in [0.2, 0.25) is 0 Å². The first-order valence-electron chi connectivity index (χ1n) is 5.90. The quantitative estimate of drug-likeness (QED) is 0.646. The molecule has 1 amide bonds. The van der Waals surface area contributed by atoms with Crippen LogP contribution in [0, 0.1) is 0 Å². The largest absolute Gasteiger partial charge is 0.480 e. The second-order valence-electron chi connectivity index (χ2n) is 4.18. The van der Waals surface area contributed by atoms with Gasteiger partial charge >= 0.3 is 5.97 Å². The minimum atomic E-state index is -0.955. The number of aliphatic carboxylic acids is 1. The first-order valence-corrected chi connectivity index (χ1v) is 7.30. The van der Waals surface area contributed by atoms with Crippen molar-refractivity contribution in [3.8, 4) is 0 Å². The van der Waals surface area contributed by atoms with Gasteiger partial charge in [0.05, 0.1) is 6.04 Å². The molecule has 1 aliphatic heterocycles. The second kappa shape index (κ2) is 7.55. The Kier molecular flexibility index (Phi) is 6.36. The van der Waals surface area contributed by atoms with Crippen molar-refractivity contribution < 1.29 is 14.7 Å². The molecule has 0 spiro atoms. The molecule has 98 valence electrons. The third kappa shape index (κ3) is 4.95. The molecule has 1 rings (SSSR count). The standard InChI is InChI=1S/C11H20N2O3S/c1-17-7-5-9(11(15)16)13-10(14)8-4-2-3-6-12-8/h8-9,12H,2-7H2,1H3,(H,13,14)(H,15,16)/t8-,9+/m1/s1. The molecule has 1 aliphatic rings. The zero-order valence-corrected chi connectivity index (χ0v) is 10.9. The van der Waals surface area contributed by atoms with Crippen molar-refractivity contribution in [3.63, 3.8) is 0 Å². The van der Waals surface area contributed by atoms with E-state index >= 15 is 0 Å². The van der Waals surface area contributed by atoms with E-state index in [0.717, 1.165) is 31.6 Å². The summed E-state index contributed by atoms with van der Waals surface area (Å²) in [7, 11) is 0. The van der Waals surface area contributed by atoms with E-state index in [1.807, 2.05) is 6.26 Å². The highest BCUT2D eigenvalue weighted by atomic mass is 32.2. The number of carbonyl (C=O) groups excluding carboxylic acids is 1. The maximum Gasteiger partial charge on any atom is 0.326 e. The monoisotopic (exact) mass is 260 g/mol. The molecule has 3 N–H and O–H groups in total. The average Bonchev–Trinajstić information content (AvgIpc) is 2.35. The van der Waals surface area contributed by atoms with Gasteiger partial charge in [0.25, 0.3) is 0 Å². The fourth-order valence-corrected chi connectivity index (χ4v) is 2.31. The first-order chi connectivity index (χ1) is 8.15. The van der Waals surface area contributed by atoms with E-state index in [9.17, 15) is 9.59 Å². The van der Waals surface area contributed by atoms with E-state index in [1.54, 1.807) is 11.8 Å². The summed E-state index contributed by atoms with van der Waals surface area (Å²) in [5.41, 5.74) is 0. The minimum absolute atomic E-state index is 0.182. The SMILES string of the molecule is CSCC[C@H](NC(=O)[C@H]1CCCCN1)C(=O)O. The fraction of sp³-hybridized carbons (Fsp3) is 0.818. The second-order valence-corrected chi connectivity index (χ2v) is 5.17. The summed E-state index contributed by atoms with van der Waals surface area (Å²) >= 11 is 1.58. The Bertz CT molecular complexity index is 267. The topological polar surface area (TPSA) is 78.4 Å². The van der Waals surface area contributed by atoms with Crippen LogP contribution in [0.5, 0.6) is 0 Å². The number of carboxylic acids is 1. The molecule has 0 aromatic rings. The van der Waals surface area contributed by atoms with Gasteiger partial charge in [-0.15, -0.1) is 0 Å². The Balaban J connectivity index is 2.42. The van der Waals surface area contributed by atoms with Crippen LogP contribution in [0.3, 0.4) is 0 Å². The lowest BCUT2D eigenvalue weighted by Gasteiger charge is -2.24. The van der Waals surface area contributed by atoms with E-state index < -0.39 is 12.0 Å². The van der Waals surface area contributed by atoms with Gasteiger partial charge in [0.2, 0.25) is 5.91 Å². The van der Waals surface area contributed by atoms with Gasteiger partial charge in [-0.1, -0.05) is 6.42 Å². The normalized spacial score (nSPS) is 21.8.